The van der Waals surface area contributed by atoms with Gasteiger partial charge in [0, 0.05) is 44.1 Å². The number of carbonyl (C=O) groups excluding carboxylic acids is 1. The fourth-order valence-corrected chi connectivity index (χ4v) is 3.63. The molecule has 1 saturated heterocycles. The van der Waals surface area contributed by atoms with Crippen LogP contribution in [-0.4, -0.2) is 58.9 Å². The molecule has 3 heterocycles. The van der Waals surface area contributed by atoms with E-state index in [-0.39, 0.29) is 12.5 Å². The normalized spacial score (nSPS) is 14.5. The first kappa shape index (κ1) is 18.6. The molecule has 0 aliphatic carbocycles. The van der Waals surface area contributed by atoms with Crippen molar-refractivity contribution in [1.29, 1.82) is 0 Å². The van der Waals surface area contributed by atoms with E-state index in [1.165, 1.54) is 0 Å². The van der Waals surface area contributed by atoms with E-state index in [1.54, 1.807) is 18.0 Å². The van der Waals surface area contributed by atoms with Crippen molar-refractivity contribution in [3.8, 4) is 5.75 Å². The van der Waals surface area contributed by atoms with E-state index in [0.717, 1.165) is 35.4 Å². The maximum atomic E-state index is 12.7. The summed E-state index contributed by atoms with van der Waals surface area (Å²) in [4.78, 5) is 21.2. The van der Waals surface area contributed by atoms with Gasteiger partial charge in [-0.2, -0.15) is 5.10 Å². The van der Waals surface area contributed by atoms with E-state index >= 15 is 0 Å². The molecule has 0 atom stereocenters. The predicted molar refractivity (Wildman–Crippen MR) is 109 cm³/mol. The second kappa shape index (κ2) is 7.67. The molecule has 1 fully saturated rings. The van der Waals surface area contributed by atoms with Gasteiger partial charge in [-0.25, -0.2) is 0 Å². The fourth-order valence-electron chi connectivity index (χ4n) is 3.43. The molecule has 0 bridgehead atoms. The first-order chi connectivity index (χ1) is 13.5. The molecule has 0 N–H and O–H groups in total. The number of hydrogen-bond acceptors (Lipinski definition) is 5. The van der Waals surface area contributed by atoms with E-state index in [1.807, 2.05) is 42.3 Å². The van der Waals surface area contributed by atoms with E-state index in [2.05, 4.69) is 15.0 Å². The van der Waals surface area contributed by atoms with E-state index < -0.39 is 0 Å². The highest BCUT2D eigenvalue weighted by Gasteiger charge is 2.22. The molecule has 7 nitrogen and oxygen atoms in total. The predicted octanol–water partition coefficient (Wildman–Crippen LogP) is 2.75. The number of anilines is 1. The van der Waals surface area contributed by atoms with Crippen LogP contribution in [-0.2, 0) is 11.3 Å². The Hall–Kier alpha value is -2.80. The molecular formula is C20H22ClN5O2. The van der Waals surface area contributed by atoms with Gasteiger partial charge in [-0.3, -0.25) is 14.5 Å². The number of rotatable bonds is 4. The Morgan fingerprint density at radius 1 is 1.18 bits per heavy atom. The van der Waals surface area contributed by atoms with Crippen LogP contribution >= 0.6 is 11.6 Å². The summed E-state index contributed by atoms with van der Waals surface area (Å²) < 4.78 is 6.97. The van der Waals surface area contributed by atoms with Gasteiger partial charge in [0.15, 0.2) is 0 Å². The molecule has 28 heavy (non-hydrogen) atoms. The third-order valence-corrected chi connectivity index (χ3v) is 5.28. The van der Waals surface area contributed by atoms with Crippen molar-refractivity contribution in [1.82, 2.24) is 19.7 Å². The Labute approximate surface area is 168 Å². The molecule has 1 amide bonds. The lowest BCUT2D eigenvalue weighted by atomic mass is 10.2. The van der Waals surface area contributed by atoms with Crippen LogP contribution < -0.4 is 9.64 Å². The largest absolute Gasteiger partial charge is 0.495 e. The summed E-state index contributed by atoms with van der Waals surface area (Å²) >= 11 is 6.11. The minimum Gasteiger partial charge on any atom is -0.495 e. The standard InChI is InChI=1S/C20H22ClN5O2/c1-14-9-17-18(22-11-14)12-26(23-17)13-20(27)25-7-5-24(6-8-25)15-3-4-16(21)19(10-15)28-2/h3-4,9-12H,5-8,13H2,1-2H3. The Morgan fingerprint density at radius 2 is 1.96 bits per heavy atom. The molecular weight excluding hydrogens is 378 g/mol. The van der Waals surface area contributed by atoms with Gasteiger partial charge in [-0.05, 0) is 30.7 Å². The number of aryl methyl sites for hydroxylation is 1. The third kappa shape index (κ3) is 3.75. The Morgan fingerprint density at radius 3 is 2.71 bits per heavy atom. The van der Waals surface area contributed by atoms with Gasteiger partial charge in [0.05, 0.1) is 18.3 Å². The van der Waals surface area contributed by atoms with Crippen molar-refractivity contribution in [2.24, 2.45) is 0 Å². The molecule has 2 aromatic heterocycles. The lowest BCUT2D eigenvalue weighted by Gasteiger charge is -2.36. The average molecular weight is 400 g/mol. The van der Waals surface area contributed by atoms with Crippen LogP contribution in [0, 0.1) is 6.92 Å². The van der Waals surface area contributed by atoms with Crippen LogP contribution in [0.4, 0.5) is 5.69 Å². The minimum absolute atomic E-state index is 0.0675. The lowest BCUT2D eigenvalue weighted by Crippen LogP contribution is -2.49. The van der Waals surface area contributed by atoms with Crippen molar-refractivity contribution in [2.75, 3.05) is 38.2 Å². The number of carbonyl (C=O) groups is 1. The Kier molecular flexibility index (Phi) is 5.09. The quantitative estimate of drug-likeness (QED) is 0.675. The number of hydrogen-bond donors (Lipinski definition) is 0. The number of piperazine rings is 1. The summed E-state index contributed by atoms with van der Waals surface area (Å²) in [6, 6.07) is 7.73. The van der Waals surface area contributed by atoms with Crippen molar-refractivity contribution >= 4 is 34.2 Å². The molecule has 1 aromatic carbocycles. The highest BCUT2D eigenvalue weighted by molar-refractivity contribution is 6.32. The highest BCUT2D eigenvalue weighted by atomic mass is 35.5. The summed E-state index contributed by atoms with van der Waals surface area (Å²) in [5.41, 5.74) is 3.72. The number of benzene rings is 1. The van der Waals surface area contributed by atoms with Gasteiger partial charge in [-0.15, -0.1) is 0 Å². The lowest BCUT2D eigenvalue weighted by molar-refractivity contribution is -0.132. The second-order valence-electron chi connectivity index (χ2n) is 6.93. The smallest absolute Gasteiger partial charge is 0.244 e. The number of nitrogens with zero attached hydrogens (tertiary/aromatic N) is 5. The van der Waals surface area contributed by atoms with Gasteiger partial charge in [0.25, 0.3) is 0 Å². The second-order valence-corrected chi connectivity index (χ2v) is 7.34. The summed E-state index contributed by atoms with van der Waals surface area (Å²) in [6.07, 6.45) is 3.63. The number of halogens is 1. The number of ether oxygens (including phenoxy) is 1. The molecule has 1 aliphatic rings. The van der Waals surface area contributed by atoms with Crippen LogP contribution in [0.1, 0.15) is 5.56 Å². The topological polar surface area (TPSA) is 63.5 Å². The van der Waals surface area contributed by atoms with Gasteiger partial charge < -0.3 is 14.5 Å². The van der Waals surface area contributed by atoms with E-state index in [4.69, 9.17) is 16.3 Å². The summed E-state index contributed by atoms with van der Waals surface area (Å²) in [7, 11) is 1.61. The zero-order chi connectivity index (χ0) is 19.7. The summed E-state index contributed by atoms with van der Waals surface area (Å²) in [5, 5.41) is 5.06. The van der Waals surface area contributed by atoms with Gasteiger partial charge >= 0.3 is 0 Å². The van der Waals surface area contributed by atoms with E-state index in [0.29, 0.717) is 23.9 Å². The Bertz CT molecular complexity index is 1010. The zero-order valence-corrected chi connectivity index (χ0v) is 16.7. The summed E-state index contributed by atoms with van der Waals surface area (Å²) in [6.45, 7) is 5.07. The van der Waals surface area contributed by atoms with Crippen molar-refractivity contribution in [2.45, 2.75) is 13.5 Å². The maximum absolute atomic E-state index is 12.7. The molecule has 146 valence electrons. The van der Waals surface area contributed by atoms with Crippen LogP contribution in [0.2, 0.25) is 5.02 Å². The maximum Gasteiger partial charge on any atom is 0.244 e. The molecule has 8 heteroatoms. The van der Waals surface area contributed by atoms with Gasteiger partial charge in [-0.1, -0.05) is 11.6 Å². The van der Waals surface area contributed by atoms with Gasteiger partial charge in [0.2, 0.25) is 5.91 Å². The van der Waals surface area contributed by atoms with Crippen LogP contribution in [0.25, 0.3) is 11.0 Å². The monoisotopic (exact) mass is 399 g/mol. The van der Waals surface area contributed by atoms with Crippen LogP contribution in [0.5, 0.6) is 5.75 Å². The molecule has 0 radical (unpaired) electrons. The molecule has 0 saturated carbocycles. The molecule has 3 aromatic rings. The van der Waals surface area contributed by atoms with Crippen molar-refractivity contribution in [3.63, 3.8) is 0 Å². The molecule has 1 aliphatic heterocycles. The van der Waals surface area contributed by atoms with Crippen molar-refractivity contribution < 1.29 is 9.53 Å². The van der Waals surface area contributed by atoms with E-state index in [9.17, 15) is 4.79 Å². The van der Waals surface area contributed by atoms with Crippen LogP contribution in [0.15, 0.2) is 36.7 Å². The summed E-state index contributed by atoms with van der Waals surface area (Å²) in [5.74, 6) is 0.727. The highest BCUT2D eigenvalue weighted by Crippen LogP contribution is 2.29. The number of fused-ring (bicyclic) bond motifs is 1. The first-order valence-electron chi connectivity index (χ1n) is 9.19. The first-order valence-corrected chi connectivity index (χ1v) is 9.57. The fraction of sp³-hybridized carbons (Fsp3) is 0.350. The minimum atomic E-state index is 0.0675. The number of methoxy groups -OCH3 is 1. The Balaban J connectivity index is 1.38. The number of pyridine rings is 1. The van der Waals surface area contributed by atoms with Crippen molar-refractivity contribution in [3.05, 3.63) is 47.2 Å². The molecule has 4 rings (SSSR count). The SMILES string of the molecule is COc1cc(N2CCN(C(=O)Cn3cc4ncc(C)cc4n3)CC2)ccc1Cl. The molecule has 0 spiro atoms. The molecule has 0 unspecified atom stereocenters. The number of amides is 1. The third-order valence-electron chi connectivity index (χ3n) is 4.97. The van der Waals surface area contributed by atoms with Crippen LogP contribution in [0.3, 0.4) is 0 Å². The average Bonchev–Trinajstić information content (AvgIpc) is 3.09. The zero-order valence-electron chi connectivity index (χ0n) is 15.9. The number of aromatic nitrogens is 3. The van der Waals surface area contributed by atoms with Gasteiger partial charge in [0.1, 0.15) is 23.3 Å².